The number of fused-ring (bicyclic) bond motifs is 7. The van der Waals surface area contributed by atoms with E-state index < -0.39 is 36.8 Å². The minimum absolute atomic E-state index is 0.0251. The van der Waals surface area contributed by atoms with E-state index >= 15 is 0 Å². The fourth-order valence-corrected chi connectivity index (χ4v) is 7.47. The first-order valence-corrected chi connectivity index (χ1v) is 11.0. The zero-order chi connectivity index (χ0) is 22.3. The standard InChI is InChI=1S/C20H18F6O4S/c21-19(22,23)29-7-1-3-9-11(5-7)15(27)17-13(9)14-10-4-2-8(30-20(24,25)26)6-12(10)16(28)18(14)31-17/h7-12H,1-6H2. The van der Waals surface area contributed by atoms with Crippen LogP contribution in [0.25, 0.3) is 0 Å². The van der Waals surface area contributed by atoms with E-state index in [2.05, 4.69) is 9.47 Å². The van der Waals surface area contributed by atoms with Gasteiger partial charge in [-0.15, -0.1) is 37.7 Å². The van der Waals surface area contributed by atoms with Crippen molar-refractivity contribution in [3.63, 3.8) is 0 Å². The zero-order valence-corrected chi connectivity index (χ0v) is 16.8. The van der Waals surface area contributed by atoms with Gasteiger partial charge < -0.3 is 0 Å². The molecule has 0 aromatic carbocycles. The van der Waals surface area contributed by atoms with Gasteiger partial charge in [0.2, 0.25) is 0 Å². The van der Waals surface area contributed by atoms with Gasteiger partial charge in [-0.1, -0.05) is 0 Å². The first-order chi connectivity index (χ1) is 14.4. The average Bonchev–Trinajstić information content (AvgIpc) is 3.23. The van der Waals surface area contributed by atoms with Crippen molar-refractivity contribution in [1.82, 2.24) is 0 Å². The molecule has 11 heteroatoms. The third kappa shape index (κ3) is 3.62. The molecule has 5 rings (SSSR count). The SMILES string of the molecule is O=C1c2sc3c(c2C2CCC(OC(F)(F)F)CC12)C1CCC(OC(F)(F)F)CC1C3=O. The van der Waals surface area contributed by atoms with Crippen LogP contribution in [-0.4, -0.2) is 36.5 Å². The van der Waals surface area contributed by atoms with Crippen molar-refractivity contribution < 1.29 is 45.4 Å². The summed E-state index contributed by atoms with van der Waals surface area (Å²) in [5.74, 6) is -2.21. The number of carbonyl (C=O) groups is 2. The van der Waals surface area contributed by atoms with Crippen LogP contribution in [0.2, 0.25) is 0 Å². The normalized spacial score (nSPS) is 35.0. The number of ketones is 2. The molecule has 2 fully saturated rings. The summed E-state index contributed by atoms with van der Waals surface area (Å²) in [6.07, 6.45) is -10.7. The fourth-order valence-electron chi connectivity index (χ4n) is 6.02. The third-order valence-corrected chi connectivity index (χ3v) is 8.30. The number of halogens is 6. The van der Waals surface area contributed by atoms with Crippen LogP contribution in [0.15, 0.2) is 0 Å². The van der Waals surface area contributed by atoms with Gasteiger partial charge in [0.25, 0.3) is 0 Å². The van der Waals surface area contributed by atoms with E-state index in [9.17, 15) is 35.9 Å². The molecule has 4 aliphatic carbocycles. The number of hydrogen-bond donors (Lipinski definition) is 0. The van der Waals surface area contributed by atoms with Gasteiger partial charge in [-0.25, -0.2) is 0 Å². The number of hydrogen-bond acceptors (Lipinski definition) is 5. The fraction of sp³-hybridized carbons (Fsp3) is 0.700. The smallest absolute Gasteiger partial charge is 0.293 e. The summed E-state index contributed by atoms with van der Waals surface area (Å²) in [6, 6.07) is 0. The Morgan fingerprint density at radius 2 is 1.03 bits per heavy atom. The van der Waals surface area contributed by atoms with Gasteiger partial charge in [0.15, 0.2) is 11.6 Å². The molecule has 0 radical (unpaired) electrons. The van der Waals surface area contributed by atoms with Crippen LogP contribution in [0, 0.1) is 11.8 Å². The van der Waals surface area contributed by atoms with E-state index in [4.69, 9.17) is 0 Å². The molecular weight excluding hydrogens is 450 g/mol. The van der Waals surface area contributed by atoms with Crippen LogP contribution in [-0.2, 0) is 9.47 Å². The largest absolute Gasteiger partial charge is 0.522 e. The maximum Gasteiger partial charge on any atom is 0.522 e. The van der Waals surface area contributed by atoms with Gasteiger partial charge in [-0.3, -0.25) is 19.1 Å². The topological polar surface area (TPSA) is 52.6 Å². The number of thiophene rings is 1. The summed E-state index contributed by atoms with van der Waals surface area (Å²) in [5, 5.41) is 0. The van der Waals surface area contributed by atoms with E-state index in [1.165, 1.54) is 0 Å². The molecule has 170 valence electrons. The van der Waals surface area contributed by atoms with E-state index in [0.29, 0.717) is 22.6 Å². The average molecular weight is 468 g/mol. The maximum absolute atomic E-state index is 12.9. The lowest BCUT2D eigenvalue weighted by atomic mass is 9.73. The van der Waals surface area contributed by atoms with E-state index in [-0.39, 0.29) is 49.1 Å². The van der Waals surface area contributed by atoms with Gasteiger partial charge in [-0.05, 0) is 61.5 Å². The highest BCUT2D eigenvalue weighted by Crippen LogP contribution is 2.59. The summed E-state index contributed by atoms with van der Waals surface area (Å²) >= 11 is 1.06. The molecule has 1 aromatic rings. The van der Waals surface area contributed by atoms with Gasteiger partial charge >= 0.3 is 12.7 Å². The zero-order valence-electron chi connectivity index (χ0n) is 16.0. The molecule has 6 atom stereocenters. The first kappa shape index (κ1) is 21.4. The molecule has 0 amide bonds. The predicted octanol–water partition coefficient (Wildman–Crippen LogP) is 5.72. The number of rotatable bonds is 2. The predicted molar refractivity (Wildman–Crippen MR) is 95.0 cm³/mol. The second-order valence-corrected chi connectivity index (χ2v) is 9.76. The molecule has 31 heavy (non-hydrogen) atoms. The Balaban J connectivity index is 1.39. The first-order valence-electron chi connectivity index (χ1n) is 10.2. The molecule has 0 N–H and O–H groups in total. The van der Waals surface area contributed by atoms with Crippen LogP contribution in [0.5, 0.6) is 0 Å². The minimum atomic E-state index is -4.76. The van der Waals surface area contributed by atoms with Gasteiger partial charge in [0.05, 0.1) is 22.0 Å². The number of alkyl halides is 6. The maximum atomic E-state index is 12.9. The summed E-state index contributed by atoms with van der Waals surface area (Å²) in [5.41, 5.74) is 1.52. The Labute approximate surface area is 176 Å². The lowest BCUT2D eigenvalue weighted by molar-refractivity contribution is -0.347. The lowest BCUT2D eigenvalue weighted by Crippen LogP contribution is -2.33. The molecular formula is C20H18F6O4S. The molecule has 2 saturated carbocycles. The second-order valence-electron chi connectivity index (χ2n) is 8.74. The van der Waals surface area contributed by atoms with Crippen molar-refractivity contribution in [3.8, 4) is 0 Å². The van der Waals surface area contributed by atoms with Crippen LogP contribution < -0.4 is 0 Å². The van der Waals surface area contributed by atoms with E-state index in [0.717, 1.165) is 22.5 Å². The third-order valence-electron chi connectivity index (χ3n) is 7.05. The molecule has 0 spiro atoms. The highest BCUT2D eigenvalue weighted by atomic mass is 32.1. The van der Waals surface area contributed by atoms with Crippen LogP contribution in [0.1, 0.15) is 80.8 Å². The Morgan fingerprint density at radius 3 is 1.39 bits per heavy atom. The summed E-state index contributed by atoms with van der Waals surface area (Å²) in [6.45, 7) is 0. The molecule has 1 aromatic heterocycles. The van der Waals surface area contributed by atoms with Gasteiger partial charge in [0.1, 0.15) is 0 Å². The summed E-state index contributed by atoms with van der Waals surface area (Å²) in [4.78, 5) is 26.8. The summed E-state index contributed by atoms with van der Waals surface area (Å²) in [7, 11) is 0. The van der Waals surface area contributed by atoms with E-state index in [1.54, 1.807) is 0 Å². The Bertz CT molecular complexity index is 863. The monoisotopic (exact) mass is 468 g/mol. The molecule has 1 heterocycles. The van der Waals surface area contributed by atoms with Crippen LogP contribution in [0.3, 0.4) is 0 Å². The second kappa shape index (κ2) is 7.02. The van der Waals surface area contributed by atoms with Crippen LogP contribution in [0.4, 0.5) is 26.3 Å². The molecule has 6 unspecified atom stereocenters. The lowest BCUT2D eigenvalue weighted by Gasteiger charge is -2.34. The Hall–Kier alpha value is -1.46. The molecule has 0 saturated heterocycles. The van der Waals surface area contributed by atoms with Crippen molar-refractivity contribution in [2.45, 2.75) is 75.3 Å². The quantitative estimate of drug-likeness (QED) is 0.521. The Morgan fingerprint density at radius 1 is 0.645 bits per heavy atom. The molecule has 4 aliphatic rings. The van der Waals surface area contributed by atoms with Crippen molar-refractivity contribution in [1.29, 1.82) is 0 Å². The van der Waals surface area contributed by atoms with E-state index in [1.807, 2.05) is 0 Å². The van der Waals surface area contributed by atoms with Crippen molar-refractivity contribution in [2.24, 2.45) is 11.8 Å². The molecule has 0 aliphatic heterocycles. The minimum Gasteiger partial charge on any atom is -0.293 e. The van der Waals surface area contributed by atoms with Gasteiger partial charge in [-0.2, -0.15) is 0 Å². The van der Waals surface area contributed by atoms with Crippen molar-refractivity contribution in [2.75, 3.05) is 0 Å². The van der Waals surface area contributed by atoms with Crippen molar-refractivity contribution in [3.05, 3.63) is 20.9 Å². The highest BCUT2D eigenvalue weighted by Gasteiger charge is 2.54. The van der Waals surface area contributed by atoms with Crippen molar-refractivity contribution >= 4 is 22.9 Å². The highest BCUT2D eigenvalue weighted by molar-refractivity contribution is 7.16. The summed E-state index contributed by atoms with van der Waals surface area (Å²) < 4.78 is 83.9. The Kier molecular flexibility index (Phi) is 4.84. The molecule has 4 nitrogen and oxygen atoms in total. The number of ether oxygens (including phenoxy) is 2. The number of carbonyl (C=O) groups excluding carboxylic acids is 2. The molecule has 0 bridgehead atoms. The number of Topliss-reactive ketones (excluding diaryl/α,β-unsaturated/α-hetero) is 2. The van der Waals surface area contributed by atoms with Crippen LogP contribution >= 0.6 is 11.3 Å². The van der Waals surface area contributed by atoms with Gasteiger partial charge in [0, 0.05) is 11.8 Å².